The highest BCUT2D eigenvalue weighted by Gasteiger charge is 2.53. The lowest BCUT2D eigenvalue weighted by molar-refractivity contribution is -0.124. The molecule has 1 aliphatic heterocycles. The van der Waals surface area contributed by atoms with Crippen LogP contribution in [0, 0.1) is 11.8 Å². The molecule has 2 N–H and O–H groups in total. The van der Waals surface area contributed by atoms with Crippen LogP contribution in [-0.4, -0.2) is 55.3 Å². The van der Waals surface area contributed by atoms with Gasteiger partial charge in [0, 0.05) is 25.7 Å². The maximum atomic E-state index is 13.1. The van der Waals surface area contributed by atoms with Crippen LogP contribution in [0.3, 0.4) is 0 Å². The molecule has 3 fully saturated rings. The van der Waals surface area contributed by atoms with Crippen molar-refractivity contribution < 1.29 is 14.6 Å². The first-order chi connectivity index (χ1) is 12.2. The molecule has 0 spiro atoms. The van der Waals surface area contributed by atoms with E-state index in [1.165, 1.54) is 12.8 Å². The molecule has 1 aromatic rings. The zero-order chi connectivity index (χ0) is 17.4. The van der Waals surface area contributed by atoms with Gasteiger partial charge in [-0.3, -0.25) is 9.69 Å². The molecule has 1 heterocycles. The Hall–Kier alpha value is -1.59. The van der Waals surface area contributed by atoms with Crippen LogP contribution >= 0.6 is 0 Å². The molecule has 3 aliphatic rings. The van der Waals surface area contributed by atoms with Gasteiger partial charge in [0.2, 0.25) is 5.91 Å². The second-order valence-corrected chi connectivity index (χ2v) is 7.88. The van der Waals surface area contributed by atoms with Crippen molar-refractivity contribution in [3.8, 4) is 5.75 Å². The first kappa shape index (κ1) is 16.9. The van der Waals surface area contributed by atoms with Crippen LogP contribution < -0.4 is 10.1 Å². The molecule has 0 radical (unpaired) electrons. The van der Waals surface area contributed by atoms with Crippen molar-refractivity contribution in [3.63, 3.8) is 0 Å². The van der Waals surface area contributed by atoms with E-state index in [0.717, 1.165) is 43.2 Å². The van der Waals surface area contributed by atoms with Gasteiger partial charge in [0.1, 0.15) is 5.75 Å². The number of ether oxygens (including phenoxy) is 1. The third-order valence-corrected chi connectivity index (χ3v) is 6.23. The summed E-state index contributed by atoms with van der Waals surface area (Å²) in [5.41, 5.74) is 0.754. The predicted octanol–water partition coefficient (Wildman–Crippen LogP) is 1.55. The molecule has 5 nitrogen and oxygen atoms in total. The van der Waals surface area contributed by atoms with Crippen LogP contribution in [0.2, 0.25) is 0 Å². The largest absolute Gasteiger partial charge is 0.497 e. The van der Waals surface area contributed by atoms with Crippen molar-refractivity contribution in [2.45, 2.75) is 37.1 Å². The highest BCUT2D eigenvalue weighted by molar-refractivity contribution is 5.91. The molecule has 5 heteroatoms. The zero-order valence-corrected chi connectivity index (χ0v) is 14.9. The molecule has 0 unspecified atom stereocenters. The number of amides is 1. The summed E-state index contributed by atoms with van der Waals surface area (Å²) in [5.74, 6) is 2.30. The zero-order valence-electron chi connectivity index (χ0n) is 14.9. The fraction of sp³-hybridized carbons (Fsp3) is 0.650. The summed E-state index contributed by atoms with van der Waals surface area (Å²) in [5, 5.41) is 12.6. The van der Waals surface area contributed by atoms with E-state index in [1.54, 1.807) is 7.11 Å². The SMILES string of the molecule is COc1ccc(C2(C(=O)N[C@H]3CN(CCO)C[C@@H]3C3CC3)CC2)cc1. The Balaban J connectivity index is 1.45. The Kier molecular flexibility index (Phi) is 4.46. The van der Waals surface area contributed by atoms with E-state index < -0.39 is 0 Å². The van der Waals surface area contributed by atoms with Crippen LogP contribution in [-0.2, 0) is 10.2 Å². The number of nitrogens with zero attached hydrogens (tertiary/aromatic N) is 1. The Morgan fingerprint density at radius 2 is 2.00 bits per heavy atom. The van der Waals surface area contributed by atoms with Crippen molar-refractivity contribution in [1.29, 1.82) is 0 Å². The molecule has 2 atom stereocenters. The molecule has 0 aromatic heterocycles. The summed E-state index contributed by atoms with van der Waals surface area (Å²) in [6.45, 7) is 2.77. The summed E-state index contributed by atoms with van der Waals surface area (Å²) in [7, 11) is 1.66. The molecule has 2 aliphatic carbocycles. The molecule has 1 aromatic carbocycles. The standard InChI is InChI=1S/C20H28N2O3/c1-25-16-6-4-15(5-7-16)20(8-9-20)19(24)21-18-13-22(10-11-23)12-17(18)14-2-3-14/h4-7,14,17-18,23H,2-3,8-13H2,1H3,(H,21,24)/t17-,18+/m1/s1. The van der Waals surface area contributed by atoms with E-state index >= 15 is 0 Å². The number of benzene rings is 1. The maximum absolute atomic E-state index is 13.1. The van der Waals surface area contributed by atoms with Crippen molar-refractivity contribution in [1.82, 2.24) is 10.2 Å². The van der Waals surface area contributed by atoms with Gasteiger partial charge in [0.15, 0.2) is 0 Å². The number of carbonyl (C=O) groups excluding carboxylic acids is 1. The number of likely N-dealkylation sites (tertiary alicyclic amines) is 1. The third-order valence-electron chi connectivity index (χ3n) is 6.23. The summed E-state index contributed by atoms with van der Waals surface area (Å²) in [4.78, 5) is 15.4. The Labute approximate surface area is 149 Å². The number of rotatable bonds is 7. The van der Waals surface area contributed by atoms with Crippen LogP contribution in [0.1, 0.15) is 31.2 Å². The lowest BCUT2D eigenvalue weighted by atomic mass is 9.92. The molecule has 4 rings (SSSR count). The molecule has 2 saturated carbocycles. The minimum atomic E-state index is -0.342. The lowest BCUT2D eigenvalue weighted by Crippen LogP contribution is -2.46. The topological polar surface area (TPSA) is 61.8 Å². The number of β-amino-alcohol motifs (C(OH)–C–C–N with tert-alkyl or cyclic N) is 1. The molecule has 0 bridgehead atoms. The van der Waals surface area contributed by atoms with Gasteiger partial charge in [-0.1, -0.05) is 12.1 Å². The number of aliphatic hydroxyl groups excluding tert-OH is 1. The first-order valence-corrected chi connectivity index (χ1v) is 9.45. The number of hydrogen-bond acceptors (Lipinski definition) is 4. The molecule has 1 saturated heterocycles. The van der Waals surface area contributed by atoms with Crippen molar-refractivity contribution >= 4 is 5.91 Å². The summed E-state index contributed by atoms with van der Waals surface area (Å²) < 4.78 is 5.23. The van der Waals surface area contributed by atoms with Crippen LogP contribution in [0.25, 0.3) is 0 Å². The van der Waals surface area contributed by atoms with E-state index in [0.29, 0.717) is 12.5 Å². The van der Waals surface area contributed by atoms with Crippen LogP contribution in [0.4, 0.5) is 0 Å². The second kappa shape index (κ2) is 6.61. The Bertz CT molecular complexity index is 622. The van der Waals surface area contributed by atoms with Crippen LogP contribution in [0.15, 0.2) is 24.3 Å². The maximum Gasteiger partial charge on any atom is 0.230 e. The van der Waals surface area contributed by atoms with E-state index in [2.05, 4.69) is 10.2 Å². The van der Waals surface area contributed by atoms with E-state index in [-0.39, 0.29) is 24.0 Å². The third kappa shape index (κ3) is 3.27. The van der Waals surface area contributed by atoms with Crippen molar-refractivity contribution in [2.24, 2.45) is 11.8 Å². The Morgan fingerprint density at radius 1 is 1.28 bits per heavy atom. The van der Waals surface area contributed by atoms with Gasteiger partial charge in [-0.2, -0.15) is 0 Å². The highest BCUT2D eigenvalue weighted by atomic mass is 16.5. The normalized spacial score (nSPS) is 27.9. The van der Waals surface area contributed by atoms with E-state index in [1.807, 2.05) is 24.3 Å². The fourth-order valence-electron chi connectivity index (χ4n) is 4.38. The second-order valence-electron chi connectivity index (χ2n) is 7.88. The van der Waals surface area contributed by atoms with Gasteiger partial charge in [0.05, 0.1) is 19.1 Å². The monoisotopic (exact) mass is 344 g/mol. The predicted molar refractivity (Wildman–Crippen MR) is 95.6 cm³/mol. The van der Waals surface area contributed by atoms with Gasteiger partial charge in [-0.25, -0.2) is 0 Å². The number of hydrogen-bond donors (Lipinski definition) is 2. The number of carbonyl (C=O) groups is 1. The van der Waals surface area contributed by atoms with Crippen molar-refractivity contribution in [2.75, 3.05) is 33.4 Å². The van der Waals surface area contributed by atoms with Gasteiger partial charge < -0.3 is 15.2 Å². The molecule has 136 valence electrons. The number of methoxy groups -OCH3 is 1. The molecule has 25 heavy (non-hydrogen) atoms. The number of nitrogens with one attached hydrogen (secondary N) is 1. The summed E-state index contributed by atoms with van der Waals surface area (Å²) in [6, 6.07) is 8.15. The quantitative estimate of drug-likeness (QED) is 0.788. The first-order valence-electron chi connectivity index (χ1n) is 9.45. The highest BCUT2D eigenvalue weighted by Crippen LogP contribution is 2.49. The lowest BCUT2D eigenvalue weighted by Gasteiger charge is -2.23. The summed E-state index contributed by atoms with van der Waals surface area (Å²) >= 11 is 0. The number of aliphatic hydroxyl groups is 1. The minimum Gasteiger partial charge on any atom is -0.497 e. The van der Waals surface area contributed by atoms with E-state index in [9.17, 15) is 9.90 Å². The molecular formula is C20H28N2O3. The van der Waals surface area contributed by atoms with Gasteiger partial charge >= 0.3 is 0 Å². The summed E-state index contributed by atoms with van der Waals surface area (Å²) in [6.07, 6.45) is 4.42. The minimum absolute atomic E-state index is 0.180. The van der Waals surface area contributed by atoms with Crippen molar-refractivity contribution in [3.05, 3.63) is 29.8 Å². The fourth-order valence-corrected chi connectivity index (χ4v) is 4.38. The van der Waals surface area contributed by atoms with E-state index in [4.69, 9.17) is 4.74 Å². The smallest absolute Gasteiger partial charge is 0.230 e. The van der Waals surface area contributed by atoms with Gasteiger partial charge in [-0.15, -0.1) is 0 Å². The average molecular weight is 344 g/mol. The van der Waals surface area contributed by atoms with Gasteiger partial charge in [0.25, 0.3) is 0 Å². The van der Waals surface area contributed by atoms with Gasteiger partial charge in [-0.05, 0) is 55.2 Å². The molecular weight excluding hydrogens is 316 g/mol. The average Bonchev–Trinajstić information content (AvgIpc) is 3.54. The van der Waals surface area contributed by atoms with Crippen LogP contribution in [0.5, 0.6) is 5.75 Å². The molecule has 1 amide bonds. The Morgan fingerprint density at radius 3 is 2.56 bits per heavy atom.